The fourth-order valence-electron chi connectivity index (χ4n) is 2.77. The standard InChI is InChI=1S/C18H19Cl2N3O3S/c1-22-8-10-23(11-9-22)27(25,26)14-5-2-4-13(12-14)18(24)21-16-7-3-6-15(19)17(16)20/h2-7,12H,8-11H2,1H3,(H,21,24). The molecule has 144 valence electrons. The molecule has 0 radical (unpaired) electrons. The molecule has 2 aromatic rings. The first-order valence-corrected chi connectivity index (χ1v) is 10.5. The van der Waals surface area contributed by atoms with Gasteiger partial charge in [-0.15, -0.1) is 0 Å². The minimum absolute atomic E-state index is 0.0943. The summed E-state index contributed by atoms with van der Waals surface area (Å²) in [6, 6.07) is 10.9. The number of benzene rings is 2. The summed E-state index contributed by atoms with van der Waals surface area (Å²) in [6.45, 7) is 2.19. The molecule has 9 heteroatoms. The summed E-state index contributed by atoms with van der Waals surface area (Å²) in [6.07, 6.45) is 0. The Hall–Kier alpha value is -1.64. The van der Waals surface area contributed by atoms with Crippen LogP contribution in [0.2, 0.25) is 10.0 Å². The lowest BCUT2D eigenvalue weighted by molar-refractivity contribution is 0.102. The summed E-state index contributed by atoms with van der Waals surface area (Å²) in [5, 5.41) is 3.21. The first-order valence-electron chi connectivity index (χ1n) is 8.33. The van der Waals surface area contributed by atoms with Gasteiger partial charge in [-0.1, -0.05) is 35.3 Å². The van der Waals surface area contributed by atoms with Gasteiger partial charge in [0.25, 0.3) is 5.91 Å². The highest BCUT2D eigenvalue weighted by Crippen LogP contribution is 2.30. The van der Waals surface area contributed by atoms with Crippen molar-refractivity contribution < 1.29 is 13.2 Å². The van der Waals surface area contributed by atoms with E-state index in [0.717, 1.165) is 0 Å². The highest BCUT2D eigenvalue weighted by molar-refractivity contribution is 7.89. The molecule has 1 aliphatic heterocycles. The summed E-state index contributed by atoms with van der Waals surface area (Å²) in [5.74, 6) is -0.463. The fourth-order valence-corrected chi connectivity index (χ4v) is 4.59. The Bertz CT molecular complexity index is 958. The van der Waals surface area contributed by atoms with Crippen molar-refractivity contribution in [1.82, 2.24) is 9.21 Å². The minimum atomic E-state index is -3.65. The van der Waals surface area contributed by atoms with Crippen LogP contribution in [0.3, 0.4) is 0 Å². The number of nitrogens with zero attached hydrogens (tertiary/aromatic N) is 2. The molecule has 0 atom stereocenters. The molecular weight excluding hydrogens is 409 g/mol. The van der Waals surface area contributed by atoms with E-state index < -0.39 is 15.9 Å². The summed E-state index contributed by atoms with van der Waals surface area (Å²) < 4.78 is 27.2. The molecule has 1 amide bonds. The van der Waals surface area contributed by atoms with Crippen LogP contribution in [0.1, 0.15) is 10.4 Å². The van der Waals surface area contributed by atoms with Gasteiger partial charge in [0.2, 0.25) is 10.0 Å². The van der Waals surface area contributed by atoms with Crippen molar-refractivity contribution in [3.05, 3.63) is 58.1 Å². The molecule has 0 aromatic heterocycles. The van der Waals surface area contributed by atoms with Gasteiger partial charge in [0.1, 0.15) is 0 Å². The largest absolute Gasteiger partial charge is 0.321 e. The molecule has 1 saturated heterocycles. The number of carbonyl (C=O) groups excluding carboxylic acids is 1. The van der Waals surface area contributed by atoms with Crippen LogP contribution < -0.4 is 5.32 Å². The van der Waals surface area contributed by atoms with E-state index in [0.29, 0.717) is 36.9 Å². The molecule has 1 aliphatic rings. The fraction of sp³-hybridized carbons (Fsp3) is 0.278. The van der Waals surface area contributed by atoms with E-state index >= 15 is 0 Å². The Morgan fingerprint density at radius 1 is 1.04 bits per heavy atom. The van der Waals surface area contributed by atoms with Crippen molar-refractivity contribution in [2.24, 2.45) is 0 Å². The molecule has 1 fully saturated rings. The van der Waals surface area contributed by atoms with E-state index in [-0.39, 0.29) is 15.5 Å². The first-order chi connectivity index (χ1) is 12.8. The predicted molar refractivity (Wildman–Crippen MR) is 107 cm³/mol. The van der Waals surface area contributed by atoms with Gasteiger partial charge in [-0.2, -0.15) is 4.31 Å². The zero-order valence-corrected chi connectivity index (χ0v) is 17.0. The number of rotatable bonds is 4. The maximum Gasteiger partial charge on any atom is 0.255 e. The average Bonchev–Trinajstić information content (AvgIpc) is 2.66. The van der Waals surface area contributed by atoms with Crippen molar-refractivity contribution in [2.75, 3.05) is 38.5 Å². The van der Waals surface area contributed by atoms with E-state index in [1.54, 1.807) is 30.3 Å². The number of nitrogens with one attached hydrogen (secondary N) is 1. The van der Waals surface area contributed by atoms with Crippen LogP contribution in [0, 0.1) is 0 Å². The molecule has 3 rings (SSSR count). The topological polar surface area (TPSA) is 69.7 Å². The highest BCUT2D eigenvalue weighted by atomic mass is 35.5. The van der Waals surface area contributed by atoms with Gasteiger partial charge in [0, 0.05) is 31.7 Å². The Labute approximate surface area is 168 Å². The van der Waals surface area contributed by atoms with Crippen LogP contribution in [0.15, 0.2) is 47.4 Å². The maximum absolute atomic E-state index is 12.9. The minimum Gasteiger partial charge on any atom is -0.321 e. The van der Waals surface area contributed by atoms with Crippen LogP contribution in [0.5, 0.6) is 0 Å². The molecule has 6 nitrogen and oxygen atoms in total. The number of sulfonamides is 1. The van der Waals surface area contributed by atoms with Gasteiger partial charge in [0.15, 0.2) is 0 Å². The third kappa shape index (κ3) is 4.44. The lowest BCUT2D eigenvalue weighted by atomic mass is 10.2. The van der Waals surface area contributed by atoms with Gasteiger partial charge in [-0.25, -0.2) is 8.42 Å². The quantitative estimate of drug-likeness (QED) is 0.812. The van der Waals surface area contributed by atoms with Crippen molar-refractivity contribution in [3.8, 4) is 0 Å². The lowest BCUT2D eigenvalue weighted by Crippen LogP contribution is -2.47. The number of anilines is 1. The molecule has 0 aliphatic carbocycles. The summed E-state index contributed by atoms with van der Waals surface area (Å²) in [4.78, 5) is 14.7. The van der Waals surface area contributed by atoms with Gasteiger partial charge < -0.3 is 10.2 Å². The number of carbonyl (C=O) groups is 1. The Morgan fingerprint density at radius 3 is 2.41 bits per heavy atom. The molecule has 0 bridgehead atoms. The summed E-state index contributed by atoms with van der Waals surface area (Å²) in [7, 11) is -1.70. The molecule has 1 heterocycles. The van der Waals surface area contributed by atoms with Crippen molar-refractivity contribution >= 4 is 44.8 Å². The second-order valence-electron chi connectivity index (χ2n) is 6.29. The van der Waals surface area contributed by atoms with Crippen molar-refractivity contribution in [2.45, 2.75) is 4.90 Å². The Morgan fingerprint density at radius 2 is 1.70 bits per heavy atom. The van der Waals surface area contributed by atoms with E-state index in [2.05, 4.69) is 10.2 Å². The van der Waals surface area contributed by atoms with Crippen LogP contribution >= 0.6 is 23.2 Å². The van der Waals surface area contributed by atoms with Crippen LogP contribution in [0.4, 0.5) is 5.69 Å². The monoisotopic (exact) mass is 427 g/mol. The number of hydrogen-bond acceptors (Lipinski definition) is 4. The SMILES string of the molecule is CN1CCN(S(=O)(=O)c2cccc(C(=O)Nc3cccc(Cl)c3Cl)c2)CC1. The van der Waals surface area contributed by atoms with E-state index in [1.165, 1.54) is 16.4 Å². The van der Waals surface area contributed by atoms with E-state index in [1.807, 2.05) is 7.05 Å². The van der Waals surface area contributed by atoms with Crippen LogP contribution in [-0.2, 0) is 10.0 Å². The maximum atomic E-state index is 12.9. The molecule has 2 aromatic carbocycles. The third-order valence-electron chi connectivity index (χ3n) is 4.40. The van der Waals surface area contributed by atoms with Gasteiger partial charge in [-0.05, 0) is 37.4 Å². The third-order valence-corrected chi connectivity index (χ3v) is 7.11. The zero-order chi connectivity index (χ0) is 19.6. The molecule has 0 spiro atoms. The smallest absolute Gasteiger partial charge is 0.255 e. The molecular formula is C18H19Cl2N3O3S. The van der Waals surface area contributed by atoms with Crippen LogP contribution in [-0.4, -0.2) is 56.8 Å². The molecule has 27 heavy (non-hydrogen) atoms. The van der Waals surface area contributed by atoms with Crippen LogP contribution in [0.25, 0.3) is 0 Å². The van der Waals surface area contributed by atoms with Gasteiger partial charge in [0.05, 0.1) is 20.6 Å². The molecule has 0 saturated carbocycles. The number of halogens is 2. The first kappa shape index (κ1) is 20.1. The summed E-state index contributed by atoms with van der Waals surface area (Å²) >= 11 is 12.0. The number of piperazine rings is 1. The number of amides is 1. The van der Waals surface area contributed by atoms with Crippen molar-refractivity contribution in [1.29, 1.82) is 0 Å². The highest BCUT2D eigenvalue weighted by Gasteiger charge is 2.28. The number of hydrogen-bond donors (Lipinski definition) is 1. The molecule has 0 unspecified atom stereocenters. The van der Waals surface area contributed by atoms with Gasteiger partial charge >= 0.3 is 0 Å². The Kier molecular flexibility index (Phi) is 6.08. The summed E-state index contributed by atoms with van der Waals surface area (Å²) in [5.41, 5.74) is 0.586. The van der Waals surface area contributed by atoms with Gasteiger partial charge in [-0.3, -0.25) is 4.79 Å². The predicted octanol–water partition coefficient (Wildman–Crippen LogP) is 3.18. The number of likely N-dealkylation sites (N-methyl/N-ethyl adjacent to an activating group) is 1. The zero-order valence-electron chi connectivity index (χ0n) is 14.7. The lowest BCUT2D eigenvalue weighted by Gasteiger charge is -2.31. The van der Waals surface area contributed by atoms with E-state index in [9.17, 15) is 13.2 Å². The van der Waals surface area contributed by atoms with E-state index in [4.69, 9.17) is 23.2 Å². The second-order valence-corrected chi connectivity index (χ2v) is 9.01. The normalized spacial score (nSPS) is 16.3. The second kappa shape index (κ2) is 8.16. The molecule has 1 N–H and O–H groups in total. The Balaban J connectivity index is 1.82. The average molecular weight is 428 g/mol. The van der Waals surface area contributed by atoms with Crippen molar-refractivity contribution in [3.63, 3.8) is 0 Å².